The Kier molecular flexibility index (Phi) is 6.22. The summed E-state index contributed by atoms with van der Waals surface area (Å²) >= 11 is 4.82. The number of nitrogens with zero attached hydrogens (tertiary/aromatic N) is 1. The molecule has 21 heavy (non-hydrogen) atoms. The average Bonchev–Trinajstić information content (AvgIpc) is 2.82. The topological polar surface area (TPSA) is 58.6 Å². The molecule has 2 rings (SSSR count). The standard InChI is InChI=1S/C13H21BrN2O3S2/c1-15-8-11-7-12(13(14)20-11)21(17,18)16(2)9-10-5-3-4-6-19-10/h7,10,15H,3-6,8-9H2,1-2H3. The number of halogens is 1. The molecule has 0 aromatic carbocycles. The van der Waals surface area contributed by atoms with Crippen molar-refractivity contribution in [1.82, 2.24) is 9.62 Å². The molecule has 0 amide bonds. The monoisotopic (exact) mass is 396 g/mol. The van der Waals surface area contributed by atoms with E-state index in [1.54, 1.807) is 13.1 Å². The minimum Gasteiger partial charge on any atom is -0.377 e. The number of ether oxygens (including phenoxy) is 1. The van der Waals surface area contributed by atoms with Crippen LogP contribution in [0.5, 0.6) is 0 Å². The second-order valence-corrected chi connectivity index (χ2v) is 9.62. The van der Waals surface area contributed by atoms with Crippen molar-refractivity contribution < 1.29 is 13.2 Å². The average molecular weight is 397 g/mol. The molecular formula is C13H21BrN2O3S2. The van der Waals surface area contributed by atoms with Crippen molar-refractivity contribution in [2.45, 2.75) is 36.8 Å². The van der Waals surface area contributed by atoms with Crippen LogP contribution in [0, 0.1) is 0 Å². The molecule has 1 fully saturated rings. The Morgan fingerprint density at radius 3 is 2.90 bits per heavy atom. The van der Waals surface area contributed by atoms with Gasteiger partial charge in [-0.15, -0.1) is 11.3 Å². The minimum atomic E-state index is -3.48. The molecule has 0 radical (unpaired) electrons. The summed E-state index contributed by atoms with van der Waals surface area (Å²) in [6, 6.07) is 1.73. The number of hydrogen-bond acceptors (Lipinski definition) is 5. The number of sulfonamides is 1. The van der Waals surface area contributed by atoms with Gasteiger partial charge in [0.05, 0.1) is 9.89 Å². The van der Waals surface area contributed by atoms with Gasteiger partial charge in [-0.1, -0.05) is 0 Å². The first kappa shape index (κ1) is 17.4. The van der Waals surface area contributed by atoms with Gasteiger partial charge in [0.2, 0.25) is 10.0 Å². The fourth-order valence-electron chi connectivity index (χ4n) is 2.34. The fourth-order valence-corrected chi connectivity index (χ4v) is 6.18. The van der Waals surface area contributed by atoms with Crippen molar-refractivity contribution in [3.8, 4) is 0 Å². The molecule has 2 heterocycles. The van der Waals surface area contributed by atoms with Gasteiger partial charge in [0.25, 0.3) is 0 Å². The van der Waals surface area contributed by atoms with E-state index in [0.717, 1.165) is 30.7 Å². The Morgan fingerprint density at radius 2 is 2.29 bits per heavy atom. The van der Waals surface area contributed by atoms with Crippen molar-refractivity contribution in [3.63, 3.8) is 0 Å². The van der Waals surface area contributed by atoms with E-state index in [4.69, 9.17) is 4.74 Å². The van der Waals surface area contributed by atoms with Gasteiger partial charge < -0.3 is 10.1 Å². The van der Waals surface area contributed by atoms with Crippen LogP contribution in [-0.2, 0) is 21.3 Å². The highest BCUT2D eigenvalue weighted by atomic mass is 79.9. The van der Waals surface area contributed by atoms with Gasteiger partial charge in [-0.05, 0) is 48.3 Å². The maximum atomic E-state index is 12.7. The zero-order chi connectivity index (χ0) is 15.5. The number of hydrogen-bond donors (Lipinski definition) is 1. The lowest BCUT2D eigenvalue weighted by Crippen LogP contribution is -2.37. The quantitative estimate of drug-likeness (QED) is 0.801. The minimum absolute atomic E-state index is 0.00714. The molecule has 0 bridgehead atoms. The predicted molar refractivity (Wildman–Crippen MR) is 88.2 cm³/mol. The molecule has 0 spiro atoms. The Labute approximate surface area is 138 Å². The van der Waals surface area contributed by atoms with Crippen LogP contribution < -0.4 is 5.32 Å². The van der Waals surface area contributed by atoms with Crippen molar-refractivity contribution >= 4 is 37.3 Å². The maximum absolute atomic E-state index is 12.7. The van der Waals surface area contributed by atoms with E-state index in [-0.39, 0.29) is 6.10 Å². The lowest BCUT2D eigenvalue weighted by Gasteiger charge is -2.26. The van der Waals surface area contributed by atoms with E-state index >= 15 is 0 Å². The molecule has 1 aliphatic rings. The van der Waals surface area contributed by atoms with Crippen molar-refractivity contribution in [1.29, 1.82) is 0 Å². The molecule has 120 valence electrons. The van der Waals surface area contributed by atoms with E-state index < -0.39 is 10.0 Å². The Hall–Kier alpha value is 0.01000. The fraction of sp³-hybridized carbons (Fsp3) is 0.692. The van der Waals surface area contributed by atoms with E-state index in [0.29, 0.717) is 21.8 Å². The Balaban J connectivity index is 2.12. The molecule has 1 saturated heterocycles. The normalized spacial score (nSPS) is 20.1. The van der Waals surface area contributed by atoms with Crippen LogP contribution in [0.4, 0.5) is 0 Å². The van der Waals surface area contributed by atoms with Crippen molar-refractivity contribution in [3.05, 3.63) is 14.7 Å². The third-order valence-corrected chi connectivity index (χ3v) is 7.56. The summed E-state index contributed by atoms with van der Waals surface area (Å²) < 4.78 is 33.0. The second-order valence-electron chi connectivity index (χ2n) is 5.16. The van der Waals surface area contributed by atoms with Crippen LogP contribution >= 0.6 is 27.3 Å². The van der Waals surface area contributed by atoms with Gasteiger partial charge in [-0.2, -0.15) is 4.31 Å². The molecule has 1 unspecified atom stereocenters. The van der Waals surface area contributed by atoms with E-state index in [2.05, 4.69) is 21.2 Å². The summed E-state index contributed by atoms with van der Waals surface area (Å²) in [6.45, 7) is 1.80. The van der Waals surface area contributed by atoms with E-state index in [9.17, 15) is 8.42 Å². The number of thiophene rings is 1. The van der Waals surface area contributed by atoms with Crippen molar-refractivity contribution in [2.75, 3.05) is 27.2 Å². The zero-order valence-corrected chi connectivity index (χ0v) is 15.5. The molecule has 0 saturated carbocycles. The molecule has 5 nitrogen and oxygen atoms in total. The zero-order valence-electron chi connectivity index (χ0n) is 12.3. The van der Waals surface area contributed by atoms with Crippen LogP contribution in [0.3, 0.4) is 0 Å². The third kappa shape index (κ3) is 4.27. The van der Waals surface area contributed by atoms with Gasteiger partial charge in [-0.25, -0.2) is 8.42 Å². The molecule has 1 aromatic rings. The van der Waals surface area contributed by atoms with Crippen LogP contribution in [0.1, 0.15) is 24.1 Å². The SMILES string of the molecule is CNCc1cc(S(=O)(=O)N(C)CC2CCCCO2)c(Br)s1. The first-order valence-electron chi connectivity index (χ1n) is 6.96. The largest absolute Gasteiger partial charge is 0.377 e. The number of rotatable bonds is 6. The molecule has 8 heteroatoms. The van der Waals surface area contributed by atoms with Gasteiger partial charge in [0.1, 0.15) is 4.90 Å². The van der Waals surface area contributed by atoms with Crippen LogP contribution in [0.15, 0.2) is 14.7 Å². The smallest absolute Gasteiger partial charge is 0.244 e. The highest BCUT2D eigenvalue weighted by Gasteiger charge is 2.28. The molecule has 1 aromatic heterocycles. The third-order valence-electron chi connectivity index (χ3n) is 3.48. The molecule has 1 aliphatic heterocycles. The first-order chi connectivity index (χ1) is 9.95. The molecule has 1 atom stereocenters. The summed E-state index contributed by atoms with van der Waals surface area (Å²) in [7, 11) is -0.0156. The van der Waals surface area contributed by atoms with Crippen LogP contribution in [0.25, 0.3) is 0 Å². The summed E-state index contributed by atoms with van der Waals surface area (Å²) in [5.74, 6) is 0. The van der Waals surface area contributed by atoms with Gasteiger partial charge in [0.15, 0.2) is 0 Å². The van der Waals surface area contributed by atoms with E-state index in [1.165, 1.54) is 15.6 Å². The summed E-state index contributed by atoms with van der Waals surface area (Å²) in [6.07, 6.45) is 3.10. The van der Waals surface area contributed by atoms with Gasteiger partial charge >= 0.3 is 0 Å². The summed E-state index contributed by atoms with van der Waals surface area (Å²) in [4.78, 5) is 1.33. The lowest BCUT2D eigenvalue weighted by molar-refractivity contribution is 0.00858. The number of nitrogens with one attached hydrogen (secondary N) is 1. The maximum Gasteiger partial charge on any atom is 0.244 e. The highest BCUT2D eigenvalue weighted by molar-refractivity contribution is 9.11. The lowest BCUT2D eigenvalue weighted by atomic mass is 10.1. The molecule has 0 aliphatic carbocycles. The summed E-state index contributed by atoms with van der Waals surface area (Å²) in [5, 5.41) is 3.03. The Bertz CT molecular complexity index is 568. The molecule has 1 N–H and O–H groups in total. The first-order valence-corrected chi connectivity index (χ1v) is 10.0. The van der Waals surface area contributed by atoms with Crippen LogP contribution in [0.2, 0.25) is 0 Å². The van der Waals surface area contributed by atoms with E-state index in [1.807, 2.05) is 7.05 Å². The summed E-state index contributed by atoms with van der Waals surface area (Å²) in [5.41, 5.74) is 0. The highest BCUT2D eigenvalue weighted by Crippen LogP contribution is 2.33. The van der Waals surface area contributed by atoms with Gasteiger partial charge in [-0.3, -0.25) is 0 Å². The second kappa shape index (κ2) is 7.52. The van der Waals surface area contributed by atoms with Crippen molar-refractivity contribution in [2.24, 2.45) is 0 Å². The predicted octanol–water partition coefficient (Wildman–Crippen LogP) is 2.42. The molecular weight excluding hydrogens is 376 g/mol. The number of likely N-dealkylation sites (N-methyl/N-ethyl adjacent to an activating group) is 1. The van der Waals surface area contributed by atoms with Gasteiger partial charge in [0, 0.05) is 31.6 Å². The Morgan fingerprint density at radius 1 is 1.52 bits per heavy atom. The van der Waals surface area contributed by atoms with Crippen LogP contribution in [-0.4, -0.2) is 46.1 Å².